The highest BCUT2D eigenvalue weighted by Crippen LogP contribution is 2.26. The number of aromatic nitrogens is 1. The van der Waals surface area contributed by atoms with Gasteiger partial charge in [-0.15, -0.1) is 0 Å². The largest absolute Gasteiger partial charge is 0.497 e. The number of halogens is 2. The third kappa shape index (κ3) is 2.88. The van der Waals surface area contributed by atoms with E-state index in [-0.39, 0.29) is 0 Å². The molecule has 0 aliphatic rings. The topological polar surface area (TPSA) is 34.2 Å². The van der Waals surface area contributed by atoms with Crippen molar-refractivity contribution in [3.63, 3.8) is 0 Å². The first kappa shape index (κ1) is 13.4. The molecule has 1 aromatic carbocycles. The third-order valence-electron chi connectivity index (χ3n) is 2.87. The molecule has 1 atom stereocenters. The van der Waals surface area contributed by atoms with Crippen molar-refractivity contribution in [1.29, 1.82) is 0 Å². The van der Waals surface area contributed by atoms with E-state index in [4.69, 9.17) is 4.74 Å². The highest BCUT2D eigenvalue weighted by molar-refractivity contribution is 5.36. The van der Waals surface area contributed by atoms with Crippen molar-refractivity contribution in [3.05, 3.63) is 59.4 Å². The van der Waals surface area contributed by atoms with Gasteiger partial charge in [0.05, 0.1) is 19.3 Å². The predicted octanol–water partition coefficient (Wildman–Crippen LogP) is 2.68. The zero-order valence-corrected chi connectivity index (χ0v) is 10.7. The first-order valence-electron chi connectivity index (χ1n) is 5.77. The third-order valence-corrected chi connectivity index (χ3v) is 2.87. The molecule has 1 heterocycles. The molecule has 0 spiro atoms. The molecule has 1 N–H and O–H groups in total. The van der Waals surface area contributed by atoms with Crippen molar-refractivity contribution in [1.82, 2.24) is 10.3 Å². The van der Waals surface area contributed by atoms with Crippen molar-refractivity contribution in [3.8, 4) is 5.75 Å². The molecule has 0 aliphatic carbocycles. The number of pyridine rings is 1. The average molecular weight is 264 g/mol. The first-order chi connectivity index (χ1) is 9.15. The van der Waals surface area contributed by atoms with Crippen LogP contribution in [0.15, 0.2) is 36.7 Å². The van der Waals surface area contributed by atoms with Gasteiger partial charge in [-0.1, -0.05) is 6.07 Å². The second-order valence-corrected chi connectivity index (χ2v) is 4.05. The molecule has 3 nitrogen and oxygen atoms in total. The van der Waals surface area contributed by atoms with Crippen molar-refractivity contribution >= 4 is 0 Å². The summed E-state index contributed by atoms with van der Waals surface area (Å²) in [6.07, 6.45) is 2.62. The lowest BCUT2D eigenvalue weighted by atomic mass is 9.99. The maximum Gasteiger partial charge on any atom is 0.141 e. The molecule has 1 aromatic heterocycles. The minimum atomic E-state index is -0.464. The van der Waals surface area contributed by atoms with Crippen LogP contribution in [-0.4, -0.2) is 19.1 Å². The molecule has 0 bridgehead atoms. The monoisotopic (exact) mass is 264 g/mol. The predicted molar refractivity (Wildman–Crippen MR) is 68.0 cm³/mol. The molecule has 1 unspecified atom stereocenters. The first-order valence-corrected chi connectivity index (χ1v) is 5.77. The van der Waals surface area contributed by atoms with E-state index < -0.39 is 17.7 Å². The summed E-state index contributed by atoms with van der Waals surface area (Å²) >= 11 is 0. The van der Waals surface area contributed by atoms with E-state index >= 15 is 0 Å². The van der Waals surface area contributed by atoms with Gasteiger partial charge in [0.15, 0.2) is 0 Å². The fraction of sp³-hybridized carbons (Fsp3) is 0.214. The highest BCUT2D eigenvalue weighted by atomic mass is 19.1. The fourth-order valence-corrected chi connectivity index (χ4v) is 1.96. The van der Waals surface area contributed by atoms with Crippen LogP contribution in [0.2, 0.25) is 0 Å². The summed E-state index contributed by atoms with van der Waals surface area (Å²) in [5.41, 5.74) is 0.974. The highest BCUT2D eigenvalue weighted by Gasteiger charge is 2.17. The number of hydrogen-bond donors (Lipinski definition) is 1. The average Bonchev–Trinajstić information content (AvgIpc) is 2.41. The van der Waals surface area contributed by atoms with Crippen LogP contribution in [0.25, 0.3) is 0 Å². The van der Waals surface area contributed by atoms with Gasteiger partial charge < -0.3 is 10.1 Å². The quantitative estimate of drug-likeness (QED) is 0.922. The summed E-state index contributed by atoms with van der Waals surface area (Å²) in [5, 5.41) is 2.95. The van der Waals surface area contributed by atoms with E-state index in [0.717, 1.165) is 6.20 Å². The summed E-state index contributed by atoms with van der Waals surface area (Å²) in [7, 11) is 3.15. The zero-order chi connectivity index (χ0) is 13.8. The zero-order valence-electron chi connectivity index (χ0n) is 10.7. The Bertz CT molecular complexity index is 575. The molecule has 0 fully saturated rings. The van der Waals surface area contributed by atoms with E-state index in [0.29, 0.717) is 16.9 Å². The number of benzene rings is 1. The Morgan fingerprint density at radius 1 is 1.21 bits per heavy atom. The lowest BCUT2D eigenvalue weighted by Gasteiger charge is -2.18. The van der Waals surface area contributed by atoms with E-state index in [9.17, 15) is 8.78 Å². The van der Waals surface area contributed by atoms with Crippen LogP contribution in [0.4, 0.5) is 8.78 Å². The van der Waals surface area contributed by atoms with Crippen molar-refractivity contribution < 1.29 is 13.5 Å². The van der Waals surface area contributed by atoms with Crippen LogP contribution < -0.4 is 10.1 Å². The lowest BCUT2D eigenvalue weighted by Crippen LogP contribution is -2.19. The summed E-state index contributed by atoms with van der Waals surface area (Å²) in [6, 6.07) is 5.44. The molecule has 0 aliphatic heterocycles. The van der Waals surface area contributed by atoms with Crippen molar-refractivity contribution in [2.75, 3.05) is 14.2 Å². The molecule has 0 saturated heterocycles. The second-order valence-electron chi connectivity index (χ2n) is 4.05. The summed E-state index contributed by atoms with van der Waals surface area (Å²) in [4.78, 5) is 3.78. The van der Waals surface area contributed by atoms with Crippen molar-refractivity contribution in [2.45, 2.75) is 6.04 Å². The molecular weight excluding hydrogens is 250 g/mol. The SMILES string of the molecule is CNC(c1cncc(F)c1)c1ccc(OC)cc1F. The minimum Gasteiger partial charge on any atom is -0.497 e. The maximum absolute atomic E-state index is 14.0. The number of rotatable bonds is 4. The van der Waals surface area contributed by atoms with Gasteiger partial charge in [0.1, 0.15) is 17.4 Å². The summed E-state index contributed by atoms with van der Waals surface area (Å²) in [5.74, 6) is -0.428. The molecule has 100 valence electrons. The molecule has 2 rings (SSSR count). The van der Waals surface area contributed by atoms with Crippen LogP contribution in [-0.2, 0) is 0 Å². The Labute approximate surface area is 110 Å². The number of nitrogens with zero attached hydrogens (tertiary/aromatic N) is 1. The molecule has 5 heteroatoms. The van der Waals surface area contributed by atoms with E-state index in [1.54, 1.807) is 19.2 Å². The van der Waals surface area contributed by atoms with Gasteiger partial charge in [-0.3, -0.25) is 4.98 Å². The Morgan fingerprint density at radius 2 is 2.00 bits per heavy atom. The van der Waals surface area contributed by atoms with Gasteiger partial charge in [0, 0.05) is 17.8 Å². The van der Waals surface area contributed by atoms with Gasteiger partial charge in [-0.2, -0.15) is 0 Å². The molecule has 19 heavy (non-hydrogen) atoms. The molecule has 2 aromatic rings. The smallest absolute Gasteiger partial charge is 0.141 e. The summed E-state index contributed by atoms with van der Waals surface area (Å²) < 4.78 is 32.2. The molecule has 0 radical (unpaired) electrons. The minimum absolute atomic E-state index is 0.413. The number of ether oxygens (including phenoxy) is 1. The van der Waals surface area contributed by atoms with E-state index in [1.807, 2.05) is 0 Å². The number of hydrogen-bond acceptors (Lipinski definition) is 3. The van der Waals surface area contributed by atoms with Crippen LogP contribution in [0.3, 0.4) is 0 Å². The van der Waals surface area contributed by atoms with Gasteiger partial charge >= 0.3 is 0 Å². The van der Waals surface area contributed by atoms with Gasteiger partial charge in [0.2, 0.25) is 0 Å². The molecular formula is C14H14F2N2O. The van der Waals surface area contributed by atoms with Crippen LogP contribution >= 0.6 is 0 Å². The molecule has 0 saturated carbocycles. The standard InChI is InChI=1S/C14H14F2N2O/c1-17-14(9-5-10(15)8-18-7-9)12-4-3-11(19-2)6-13(12)16/h3-8,14,17H,1-2H3. The maximum atomic E-state index is 14.0. The Balaban J connectivity index is 2.42. The Kier molecular flexibility index (Phi) is 4.06. The summed E-state index contributed by atoms with van der Waals surface area (Å²) in [6.45, 7) is 0. The normalized spacial score (nSPS) is 12.2. The fourth-order valence-electron chi connectivity index (χ4n) is 1.96. The van der Waals surface area contributed by atoms with Gasteiger partial charge in [0.25, 0.3) is 0 Å². The van der Waals surface area contributed by atoms with Crippen LogP contribution in [0, 0.1) is 11.6 Å². The second kappa shape index (κ2) is 5.75. The lowest BCUT2D eigenvalue weighted by molar-refractivity contribution is 0.410. The van der Waals surface area contributed by atoms with Crippen LogP contribution in [0.5, 0.6) is 5.75 Å². The van der Waals surface area contributed by atoms with Gasteiger partial charge in [-0.25, -0.2) is 8.78 Å². The Morgan fingerprint density at radius 3 is 2.58 bits per heavy atom. The molecule has 0 amide bonds. The van der Waals surface area contributed by atoms with E-state index in [2.05, 4.69) is 10.3 Å². The van der Waals surface area contributed by atoms with E-state index in [1.165, 1.54) is 25.4 Å². The van der Waals surface area contributed by atoms with Crippen LogP contribution in [0.1, 0.15) is 17.2 Å². The van der Waals surface area contributed by atoms with Gasteiger partial charge in [-0.05, 0) is 24.7 Å². The number of nitrogens with one attached hydrogen (secondary N) is 1. The van der Waals surface area contributed by atoms with Crippen molar-refractivity contribution in [2.24, 2.45) is 0 Å². The Hall–Kier alpha value is -2.01. The number of methoxy groups -OCH3 is 1.